The summed E-state index contributed by atoms with van der Waals surface area (Å²) in [5, 5.41) is 15.1. The predicted octanol–water partition coefficient (Wildman–Crippen LogP) is 6.87. The second-order valence-electron chi connectivity index (χ2n) is 8.45. The standard InChI is InChI=1S/C26H22IN5O2S2/c1-15-22(23(27)16(2)29-15)25-24(21-5-3-4-14-28-21)30-26(35)31(25)17-6-10-19(11-7-17)36-20-12-8-18(9-13-20)32(33)34/h3-14,24-25,29H,1-2H3,(H,30,35)/t24-,25-/m0/s1. The van der Waals surface area contributed by atoms with Crippen LogP contribution in [0.2, 0.25) is 0 Å². The number of aryl methyl sites for hydroxylation is 2. The zero-order valence-corrected chi connectivity index (χ0v) is 23.2. The lowest BCUT2D eigenvalue weighted by Crippen LogP contribution is -2.29. The number of nitro benzene ring substituents is 1. The van der Waals surface area contributed by atoms with E-state index in [0.29, 0.717) is 5.11 Å². The number of halogens is 1. The number of non-ortho nitro benzene ring substituents is 1. The van der Waals surface area contributed by atoms with Crippen LogP contribution < -0.4 is 10.2 Å². The molecule has 1 saturated heterocycles. The molecule has 0 saturated carbocycles. The van der Waals surface area contributed by atoms with Gasteiger partial charge in [0.25, 0.3) is 5.69 Å². The first-order valence-electron chi connectivity index (χ1n) is 11.2. The van der Waals surface area contributed by atoms with Gasteiger partial charge in [0.05, 0.1) is 22.7 Å². The average Bonchev–Trinajstić information content (AvgIpc) is 3.34. The van der Waals surface area contributed by atoms with Crippen LogP contribution in [-0.2, 0) is 0 Å². The number of pyridine rings is 1. The Hall–Kier alpha value is -2.96. The average molecular weight is 628 g/mol. The zero-order valence-electron chi connectivity index (χ0n) is 19.4. The van der Waals surface area contributed by atoms with Crippen LogP contribution in [0.15, 0.2) is 82.7 Å². The Morgan fingerprint density at radius 1 is 1.03 bits per heavy atom. The molecule has 0 unspecified atom stereocenters. The van der Waals surface area contributed by atoms with Gasteiger partial charge in [-0.15, -0.1) is 0 Å². The molecular formula is C26H22IN5O2S2. The van der Waals surface area contributed by atoms with Crippen LogP contribution in [0.25, 0.3) is 0 Å². The van der Waals surface area contributed by atoms with Gasteiger partial charge in [-0.3, -0.25) is 15.1 Å². The fourth-order valence-corrected chi connectivity index (χ4v) is 6.52. The molecule has 2 aromatic heterocycles. The Labute approximate surface area is 232 Å². The summed E-state index contributed by atoms with van der Waals surface area (Å²) in [6, 6.07) is 20.6. The van der Waals surface area contributed by atoms with E-state index in [9.17, 15) is 10.1 Å². The lowest BCUT2D eigenvalue weighted by atomic mass is 9.96. The number of anilines is 1. The van der Waals surface area contributed by atoms with E-state index < -0.39 is 0 Å². The first-order chi connectivity index (χ1) is 17.3. The smallest absolute Gasteiger partial charge is 0.269 e. The van der Waals surface area contributed by atoms with Gasteiger partial charge >= 0.3 is 0 Å². The zero-order chi connectivity index (χ0) is 25.4. The van der Waals surface area contributed by atoms with Crippen LogP contribution in [0.3, 0.4) is 0 Å². The monoisotopic (exact) mass is 627 g/mol. The Balaban J connectivity index is 1.48. The van der Waals surface area contributed by atoms with Gasteiger partial charge in [0.1, 0.15) is 0 Å². The lowest BCUT2D eigenvalue weighted by molar-refractivity contribution is -0.384. The van der Waals surface area contributed by atoms with Crippen molar-refractivity contribution in [3.8, 4) is 0 Å². The maximum atomic E-state index is 10.9. The van der Waals surface area contributed by atoms with E-state index in [4.69, 9.17) is 12.2 Å². The van der Waals surface area contributed by atoms with E-state index >= 15 is 0 Å². The third-order valence-corrected chi connectivity index (χ3v) is 8.86. The fraction of sp³-hybridized carbons (Fsp3) is 0.154. The molecule has 0 radical (unpaired) electrons. The Morgan fingerprint density at radius 3 is 2.25 bits per heavy atom. The van der Waals surface area contributed by atoms with Crippen LogP contribution >= 0.6 is 46.6 Å². The molecule has 36 heavy (non-hydrogen) atoms. The molecule has 3 heterocycles. The molecule has 182 valence electrons. The van der Waals surface area contributed by atoms with E-state index in [0.717, 1.165) is 32.6 Å². The van der Waals surface area contributed by atoms with Crippen molar-refractivity contribution in [2.24, 2.45) is 0 Å². The largest absolute Gasteiger partial charge is 0.362 e. The van der Waals surface area contributed by atoms with Gasteiger partial charge in [0.15, 0.2) is 5.11 Å². The summed E-state index contributed by atoms with van der Waals surface area (Å²) in [6.07, 6.45) is 1.81. The minimum Gasteiger partial charge on any atom is -0.362 e. The van der Waals surface area contributed by atoms with Crippen molar-refractivity contribution < 1.29 is 4.92 Å². The van der Waals surface area contributed by atoms with Crippen molar-refractivity contribution in [2.75, 3.05) is 4.90 Å². The molecule has 0 bridgehead atoms. The first-order valence-corrected chi connectivity index (χ1v) is 13.5. The summed E-state index contributed by atoms with van der Waals surface area (Å²) in [6.45, 7) is 4.19. The van der Waals surface area contributed by atoms with Crippen molar-refractivity contribution in [2.45, 2.75) is 35.7 Å². The number of benzene rings is 2. The summed E-state index contributed by atoms with van der Waals surface area (Å²) in [5.74, 6) is 0. The number of hydrogen-bond donors (Lipinski definition) is 2. The highest BCUT2D eigenvalue weighted by molar-refractivity contribution is 14.1. The molecule has 2 N–H and O–H groups in total. The third kappa shape index (κ3) is 4.72. The topological polar surface area (TPSA) is 87.1 Å². The van der Waals surface area contributed by atoms with Crippen LogP contribution in [-0.4, -0.2) is 20.0 Å². The lowest BCUT2D eigenvalue weighted by Gasteiger charge is -2.28. The molecule has 2 atom stereocenters. The van der Waals surface area contributed by atoms with Gasteiger partial charge in [-0.1, -0.05) is 17.8 Å². The second kappa shape index (κ2) is 10.2. The number of thiocarbonyl (C=S) groups is 1. The first kappa shape index (κ1) is 24.7. The van der Waals surface area contributed by atoms with Crippen LogP contribution in [0.1, 0.15) is 34.7 Å². The van der Waals surface area contributed by atoms with E-state index in [-0.39, 0.29) is 22.7 Å². The molecule has 1 aliphatic rings. The van der Waals surface area contributed by atoms with Gasteiger partial charge in [0, 0.05) is 54.3 Å². The minimum atomic E-state index is -0.389. The minimum absolute atomic E-state index is 0.0718. The number of nitrogens with zero attached hydrogens (tertiary/aromatic N) is 3. The predicted molar refractivity (Wildman–Crippen MR) is 155 cm³/mol. The number of hydrogen-bond acceptors (Lipinski definition) is 5. The summed E-state index contributed by atoms with van der Waals surface area (Å²) < 4.78 is 1.19. The molecular weight excluding hydrogens is 605 g/mol. The fourth-order valence-electron chi connectivity index (χ4n) is 4.49. The van der Waals surface area contributed by atoms with Gasteiger partial charge in [0.2, 0.25) is 0 Å². The van der Waals surface area contributed by atoms with Crippen molar-refractivity contribution in [1.82, 2.24) is 15.3 Å². The maximum Gasteiger partial charge on any atom is 0.269 e. The summed E-state index contributed by atoms with van der Waals surface area (Å²) >= 11 is 9.82. The second-order valence-corrected chi connectivity index (χ2v) is 11.1. The van der Waals surface area contributed by atoms with Crippen molar-refractivity contribution in [3.63, 3.8) is 0 Å². The van der Waals surface area contributed by atoms with Gasteiger partial charge in [-0.2, -0.15) is 0 Å². The van der Waals surface area contributed by atoms with E-state index in [2.05, 4.69) is 80.9 Å². The summed E-state index contributed by atoms with van der Waals surface area (Å²) in [4.78, 5) is 22.8. The highest BCUT2D eigenvalue weighted by atomic mass is 127. The van der Waals surface area contributed by atoms with Gasteiger partial charge < -0.3 is 15.2 Å². The van der Waals surface area contributed by atoms with E-state index in [1.54, 1.807) is 23.9 Å². The number of aromatic amines is 1. The molecule has 10 heteroatoms. The number of nitrogens with one attached hydrogen (secondary N) is 2. The van der Waals surface area contributed by atoms with Crippen LogP contribution in [0.5, 0.6) is 0 Å². The van der Waals surface area contributed by atoms with Crippen molar-refractivity contribution in [3.05, 3.63) is 109 Å². The molecule has 1 aliphatic heterocycles. The normalized spacial score (nSPS) is 17.3. The molecule has 0 spiro atoms. The summed E-state index contributed by atoms with van der Waals surface area (Å²) in [5.41, 5.74) is 5.47. The van der Waals surface area contributed by atoms with Crippen molar-refractivity contribution >= 4 is 63.1 Å². The molecule has 2 aromatic carbocycles. The number of rotatable bonds is 6. The Morgan fingerprint density at radius 2 is 1.69 bits per heavy atom. The van der Waals surface area contributed by atoms with E-state index in [1.165, 1.54) is 21.3 Å². The molecule has 5 rings (SSSR count). The molecule has 7 nitrogen and oxygen atoms in total. The molecule has 0 aliphatic carbocycles. The van der Waals surface area contributed by atoms with E-state index in [1.807, 2.05) is 24.4 Å². The summed E-state index contributed by atoms with van der Waals surface area (Å²) in [7, 11) is 0. The van der Waals surface area contributed by atoms with Crippen molar-refractivity contribution in [1.29, 1.82) is 0 Å². The highest BCUT2D eigenvalue weighted by Gasteiger charge is 2.43. The third-order valence-electron chi connectivity index (χ3n) is 6.14. The highest BCUT2D eigenvalue weighted by Crippen LogP contribution is 2.45. The van der Waals surface area contributed by atoms with Gasteiger partial charge in [-0.05, 0) is 97.2 Å². The van der Waals surface area contributed by atoms with Gasteiger partial charge in [-0.25, -0.2) is 0 Å². The van der Waals surface area contributed by atoms with Crippen LogP contribution in [0, 0.1) is 27.5 Å². The number of aromatic nitrogens is 2. The Bertz CT molecular complexity index is 1430. The molecule has 1 fully saturated rings. The molecule has 0 amide bonds. The SMILES string of the molecule is Cc1[nH]c(C)c([C@H]2[C@H](c3ccccn3)NC(=S)N2c2ccc(Sc3ccc([N+](=O)[O-])cc3)cc2)c1I. The van der Waals surface area contributed by atoms with Crippen LogP contribution in [0.4, 0.5) is 11.4 Å². The molecule has 4 aromatic rings. The number of H-pyrrole nitrogens is 1. The number of nitro groups is 1. The Kier molecular flexibility index (Phi) is 7.00. The quantitative estimate of drug-likeness (QED) is 0.105. The maximum absolute atomic E-state index is 10.9.